The van der Waals surface area contributed by atoms with E-state index in [1.54, 1.807) is 6.08 Å². The van der Waals surface area contributed by atoms with E-state index >= 15 is 0 Å². The summed E-state index contributed by atoms with van der Waals surface area (Å²) in [7, 11) is 0. The molecule has 0 aromatic heterocycles. The number of ether oxygens (including phenoxy) is 2. The Balaban J connectivity index is 1.55. The lowest BCUT2D eigenvalue weighted by Crippen LogP contribution is -2.08. The van der Waals surface area contributed by atoms with Crippen molar-refractivity contribution in [2.24, 2.45) is 0 Å². The molecule has 0 saturated heterocycles. The summed E-state index contributed by atoms with van der Waals surface area (Å²) in [5, 5.41) is 0. The van der Waals surface area contributed by atoms with Crippen LogP contribution < -0.4 is 9.47 Å². The van der Waals surface area contributed by atoms with Gasteiger partial charge in [0.25, 0.3) is 0 Å². The van der Waals surface area contributed by atoms with Crippen molar-refractivity contribution in [1.82, 2.24) is 0 Å². The molecule has 0 radical (unpaired) electrons. The Kier molecular flexibility index (Phi) is 4.79. The van der Waals surface area contributed by atoms with Crippen LogP contribution in [0.25, 0.3) is 6.08 Å². The fourth-order valence-corrected chi connectivity index (χ4v) is 2.99. The van der Waals surface area contributed by atoms with E-state index in [0.29, 0.717) is 11.3 Å². The van der Waals surface area contributed by atoms with Crippen LogP contribution in [0.3, 0.4) is 0 Å². The molecule has 6 heteroatoms. The number of halogens is 2. The molecule has 0 spiro atoms. The summed E-state index contributed by atoms with van der Waals surface area (Å²) in [6, 6.07) is 17.1. The average Bonchev–Trinajstić information content (AvgIpc) is 2.98. The molecule has 3 aromatic rings. The van der Waals surface area contributed by atoms with Gasteiger partial charge in [0.05, 0.1) is 11.1 Å². The van der Waals surface area contributed by atoms with Crippen LogP contribution in [-0.2, 0) is 0 Å². The van der Waals surface area contributed by atoms with Crippen LogP contribution in [0.5, 0.6) is 11.5 Å². The fourth-order valence-electron chi connectivity index (χ4n) is 2.72. The van der Waals surface area contributed by atoms with Gasteiger partial charge in [0.1, 0.15) is 17.3 Å². The summed E-state index contributed by atoms with van der Waals surface area (Å²) in [6.45, 7) is 0. The Morgan fingerprint density at radius 3 is 2.57 bits per heavy atom. The highest BCUT2D eigenvalue weighted by Gasteiger charge is 2.28. The van der Waals surface area contributed by atoms with Crippen molar-refractivity contribution in [2.45, 2.75) is 0 Å². The number of ketones is 1. The van der Waals surface area contributed by atoms with Crippen LogP contribution >= 0.6 is 15.9 Å². The molecule has 4 rings (SSSR count). The smallest absolute Gasteiger partial charge is 0.343 e. The molecule has 0 bridgehead atoms. The largest absolute Gasteiger partial charge is 0.452 e. The van der Waals surface area contributed by atoms with E-state index < -0.39 is 11.8 Å². The van der Waals surface area contributed by atoms with Crippen molar-refractivity contribution < 1.29 is 23.5 Å². The first kappa shape index (κ1) is 18.1. The van der Waals surface area contributed by atoms with Crippen molar-refractivity contribution in [2.75, 3.05) is 0 Å². The quantitative estimate of drug-likeness (QED) is 0.311. The minimum absolute atomic E-state index is 0.0910. The molecule has 138 valence electrons. The Labute approximate surface area is 168 Å². The maximum Gasteiger partial charge on any atom is 0.343 e. The van der Waals surface area contributed by atoms with E-state index in [9.17, 15) is 14.0 Å². The summed E-state index contributed by atoms with van der Waals surface area (Å²) < 4.78 is 25.1. The Morgan fingerprint density at radius 1 is 1.04 bits per heavy atom. The topological polar surface area (TPSA) is 52.6 Å². The van der Waals surface area contributed by atoms with Crippen LogP contribution in [0.2, 0.25) is 0 Å². The monoisotopic (exact) mass is 438 g/mol. The first-order chi connectivity index (χ1) is 13.5. The third kappa shape index (κ3) is 3.73. The van der Waals surface area contributed by atoms with E-state index in [4.69, 9.17) is 9.47 Å². The third-order valence-electron chi connectivity index (χ3n) is 4.08. The summed E-state index contributed by atoms with van der Waals surface area (Å²) in [6.07, 6.45) is 1.65. The lowest BCUT2D eigenvalue weighted by atomic mass is 10.1. The summed E-state index contributed by atoms with van der Waals surface area (Å²) in [5.41, 5.74) is 1.29. The number of Topliss-reactive ketones (excluding diaryl/α,β-unsaturated/α-hetero) is 1. The summed E-state index contributed by atoms with van der Waals surface area (Å²) in [5.74, 6) is -0.787. The van der Waals surface area contributed by atoms with E-state index in [2.05, 4.69) is 15.9 Å². The number of hydrogen-bond donors (Lipinski definition) is 0. The number of allylic oxidation sites excluding steroid dienone is 1. The summed E-state index contributed by atoms with van der Waals surface area (Å²) >= 11 is 3.36. The normalized spacial score (nSPS) is 13.9. The van der Waals surface area contributed by atoms with Gasteiger partial charge in [-0.25, -0.2) is 9.18 Å². The van der Waals surface area contributed by atoms with E-state index in [0.717, 1.165) is 16.1 Å². The molecule has 1 aliphatic heterocycles. The molecule has 0 aliphatic carbocycles. The zero-order valence-corrected chi connectivity index (χ0v) is 15.9. The number of carbonyl (C=O) groups is 2. The van der Waals surface area contributed by atoms with E-state index in [-0.39, 0.29) is 22.9 Å². The van der Waals surface area contributed by atoms with Gasteiger partial charge in [-0.1, -0.05) is 34.1 Å². The van der Waals surface area contributed by atoms with Crippen molar-refractivity contribution in [3.63, 3.8) is 0 Å². The van der Waals surface area contributed by atoms with Gasteiger partial charge < -0.3 is 9.47 Å². The molecule has 0 atom stereocenters. The zero-order chi connectivity index (χ0) is 19.7. The molecular weight excluding hydrogens is 427 g/mol. The van der Waals surface area contributed by atoms with Crippen molar-refractivity contribution in [3.05, 3.63) is 99.5 Å². The van der Waals surface area contributed by atoms with Crippen LogP contribution in [0, 0.1) is 5.82 Å². The molecule has 0 N–H and O–H groups in total. The molecule has 4 nitrogen and oxygen atoms in total. The minimum atomic E-state index is -0.700. The van der Waals surface area contributed by atoms with Gasteiger partial charge in [-0.3, -0.25) is 4.79 Å². The predicted molar refractivity (Wildman–Crippen MR) is 105 cm³/mol. The van der Waals surface area contributed by atoms with Crippen LogP contribution in [0.15, 0.2) is 77.0 Å². The van der Waals surface area contributed by atoms with Gasteiger partial charge in [-0.05, 0) is 54.1 Å². The van der Waals surface area contributed by atoms with Gasteiger partial charge in [0.15, 0.2) is 5.76 Å². The molecule has 0 saturated carbocycles. The van der Waals surface area contributed by atoms with E-state index in [1.165, 1.54) is 36.4 Å². The highest BCUT2D eigenvalue weighted by Crippen LogP contribution is 2.35. The van der Waals surface area contributed by atoms with Gasteiger partial charge in [0.2, 0.25) is 5.78 Å². The maximum absolute atomic E-state index is 13.3. The van der Waals surface area contributed by atoms with Crippen LogP contribution in [0.4, 0.5) is 4.39 Å². The Hall–Kier alpha value is -3.25. The van der Waals surface area contributed by atoms with Crippen molar-refractivity contribution in [3.8, 4) is 11.5 Å². The second-order valence-corrected chi connectivity index (χ2v) is 6.96. The molecule has 0 unspecified atom stereocenters. The third-order valence-corrected chi connectivity index (χ3v) is 4.61. The zero-order valence-electron chi connectivity index (χ0n) is 14.3. The number of rotatable bonds is 3. The molecule has 1 aliphatic rings. The molecule has 28 heavy (non-hydrogen) atoms. The summed E-state index contributed by atoms with van der Waals surface area (Å²) in [4.78, 5) is 24.7. The predicted octanol–water partition coefficient (Wildman–Crippen LogP) is 5.42. The van der Waals surface area contributed by atoms with Crippen molar-refractivity contribution in [1.29, 1.82) is 0 Å². The second-order valence-electron chi connectivity index (χ2n) is 6.05. The lowest BCUT2D eigenvalue weighted by Gasteiger charge is -2.05. The highest BCUT2D eigenvalue weighted by molar-refractivity contribution is 9.10. The Bertz CT molecular complexity index is 1120. The standard InChI is InChI=1S/C22H12BrFO4/c23-15-6-4-13(5-7-15)10-20-21(25)18-9-8-17(12-19(18)28-20)27-22(26)14-2-1-3-16(24)11-14/h1-12H/b20-10-. The molecule has 3 aromatic carbocycles. The first-order valence-corrected chi connectivity index (χ1v) is 9.10. The lowest BCUT2D eigenvalue weighted by molar-refractivity contribution is 0.0734. The average molecular weight is 439 g/mol. The minimum Gasteiger partial charge on any atom is -0.452 e. The van der Waals surface area contributed by atoms with Gasteiger partial charge in [0, 0.05) is 10.5 Å². The molecule has 0 fully saturated rings. The Morgan fingerprint density at radius 2 is 1.82 bits per heavy atom. The second kappa shape index (κ2) is 7.40. The SMILES string of the molecule is O=C(Oc1ccc2c(c1)O/C(=C\c1ccc(Br)cc1)C2=O)c1cccc(F)c1. The van der Waals surface area contributed by atoms with Gasteiger partial charge >= 0.3 is 5.97 Å². The first-order valence-electron chi connectivity index (χ1n) is 8.31. The van der Waals surface area contributed by atoms with Gasteiger partial charge in [-0.15, -0.1) is 0 Å². The van der Waals surface area contributed by atoms with Crippen LogP contribution in [-0.4, -0.2) is 11.8 Å². The fraction of sp³-hybridized carbons (Fsp3) is 0. The number of esters is 1. The maximum atomic E-state index is 13.3. The molecular formula is C22H12BrFO4. The van der Waals surface area contributed by atoms with E-state index in [1.807, 2.05) is 24.3 Å². The van der Waals surface area contributed by atoms with Crippen molar-refractivity contribution >= 4 is 33.8 Å². The number of benzene rings is 3. The highest BCUT2D eigenvalue weighted by atomic mass is 79.9. The molecule has 0 amide bonds. The number of hydrogen-bond acceptors (Lipinski definition) is 4. The molecule has 1 heterocycles. The number of carbonyl (C=O) groups excluding carboxylic acids is 2. The number of fused-ring (bicyclic) bond motifs is 1. The van der Waals surface area contributed by atoms with Gasteiger partial charge in [-0.2, -0.15) is 0 Å². The van der Waals surface area contributed by atoms with Crippen LogP contribution in [0.1, 0.15) is 26.3 Å².